The van der Waals surface area contributed by atoms with Crippen LogP contribution in [0.4, 0.5) is 0 Å². The van der Waals surface area contributed by atoms with Gasteiger partial charge in [-0.1, -0.05) is 29.4 Å². The summed E-state index contributed by atoms with van der Waals surface area (Å²) in [5.74, 6) is -1.12. The van der Waals surface area contributed by atoms with E-state index in [1.165, 1.54) is 6.08 Å². The van der Waals surface area contributed by atoms with Crippen molar-refractivity contribution in [2.24, 2.45) is 5.92 Å². The van der Waals surface area contributed by atoms with Gasteiger partial charge in [-0.3, -0.25) is 20.4 Å². The van der Waals surface area contributed by atoms with Crippen molar-refractivity contribution in [3.8, 4) is 5.75 Å². The van der Waals surface area contributed by atoms with E-state index in [9.17, 15) is 14.7 Å². The van der Waals surface area contributed by atoms with E-state index in [0.717, 1.165) is 22.5 Å². The molecule has 1 aliphatic carbocycles. The highest BCUT2D eigenvalue weighted by atomic mass is 16.5. The molecule has 3 N–H and O–H groups in total. The molecule has 0 saturated carbocycles. The number of aryl methyl sites for hydroxylation is 1. The zero-order valence-corrected chi connectivity index (χ0v) is 13.6. The number of rotatable bonds is 4. The fourth-order valence-corrected chi connectivity index (χ4v) is 3.28. The molecular weight excluding hydrogens is 308 g/mol. The number of hydrogen-bond acceptors (Lipinski definition) is 4. The Morgan fingerprint density at radius 1 is 1.17 bits per heavy atom. The molecule has 0 bridgehead atoms. The van der Waals surface area contributed by atoms with Crippen LogP contribution >= 0.6 is 0 Å². The molecule has 126 valence electrons. The number of hydrogen-bond donors (Lipinski definition) is 3. The molecule has 1 aromatic carbocycles. The van der Waals surface area contributed by atoms with E-state index in [4.69, 9.17) is 4.74 Å². The molecule has 0 aromatic heterocycles. The number of carbonyl (C=O) groups is 2. The predicted octanol–water partition coefficient (Wildman–Crippen LogP) is 1.02. The normalized spacial score (nSPS) is 25.9. The second-order valence-electron chi connectivity index (χ2n) is 6.16. The summed E-state index contributed by atoms with van der Waals surface area (Å²) < 4.78 is 5.14. The molecule has 0 spiro atoms. The standard InChI is InChI=1S/C18H20N2O4/c1-11-9-13(6-3-12-4-7-14(24-2)8-5-12)15-16(21)19-20-17(22)18(15,23)10-11/h4-5,7-10,15,23H,3,6H2,1-2H3,(H,19,21)(H,20,22). The monoisotopic (exact) mass is 328 g/mol. The number of fused-ring (bicyclic) bond motifs is 1. The van der Waals surface area contributed by atoms with Crippen molar-refractivity contribution in [3.63, 3.8) is 0 Å². The van der Waals surface area contributed by atoms with Gasteiger partial charge in [-0.25, -0.2) is 0 Å². The fourth-order valence-electron chi connectivity index (χ4n) is 3.28. The molecule has 2 amide bonds. The van der Waals surface area contributed by atoms with Crippen molar-refractivity contribution in [2.45, 2.75) is 25.4 Å². The van der Waals surface area contributed by atoms with Gasteiger partial charge in [0.1, 0.15) is 11.7 Å². The van der Waals surface area contributed by atoms with E-state index in [2.05, 4.69) is 10.9 Å². The summed E-state index contributed by atoms with van der Waals surface area (Å²) in [5, 5.41) is 10.7. The van der Waals surface area contributed by atoms with Crippen LogP contribution in [0, 0.1) is 5.92 Å². The summed E-state index contributed by atoms with van der Waals surface area (Å²) in [6.45, 7) is 1.81. The smallest absolute Gasteiger partial charge is 0.275 e. The molecule has 1 heterocycles. The van der Waals surface area contributed by atoms with Gasteiger partial charge in [0.25, 0.3) is 5.91 Å². The molecule has 1 fully saturated rings. The van der Waals surface area contributed by atoms with Crippen molar-refractivity contribution in [2.75, 3.05) is 7.11 Å². The summed E-state index contributed by atoms with van der Waals surface area (Å²) in [5.41, 5.74) is 5.34. The minimum absolute atomic E-state index is 0.401. The first-order valence-electron chi connectivity index (χ1n) is 7.79. The molecule has 1 aromatic rings. The van der Waals surface area contributed by atoms with Gasteiger partial charge < -0.3 is 9.84 Å². The molecule has 0 radical (unpaired) electrons. The highest BCUT2D eigenvalue weighted by Gasteiger charge is 2.52. The van der Waals surface area contributed by atoms with Gasteiger partial charge in [0, 0.05) is 0 Å². The molecule has 2 atom stereocenters. The SMILES string of the molecule is COc1ccc(CCC2=CC(C)=CC3(O)C(=O)NNC(=O)C23)cc1. The summed E-state index contributed by atoms with van der Waals surface area (Å²) >= 11 is 0. The van der Waals surface area contributed by atoms with E-state index >= 15 is 0 Å². The quantitative estimate of drug-likeness (QED) is 0.770. The van der Waals surface area contributed by atoms with Crippen molar-refractivity contribution in [1.82, 2.24) is 10.9 Å². The zero-order chi connectivity index (χ0) is 17.3. The maximum atomic E-state index is 12.2. The van der Waals surface area contributed by atoms with Crippen LogP contribution in [0.5, 0.6) is 5.75 Å². The number of allylic oxidation sites excluding steroid dienone is 2. The first-order valence-corrected chi connectivity index (χ1v) is 7.79. The van der Waals surface area contributed by atoms with Gasteiger partial charge in [0.2, 0.25) is 5.91 Å². The number of nitrogens with one attached hydrogen (secondary N) is 2. The van der Waals surface area contributed by atoms with Gasteiger partial charge in [-0.2, -0.15) is 0 Å². The number of methoxy groups -OCH3 is 1. The van der Waals surface area contributed by atoms with Crippen LogP contribution in [-0.4, -0.2) is 29.6 Å². The predicted molar refractivity (Wildman–Crippen MR) is 87.9 cm³/mol. The van der Waals surface area contributed by atoms with E-state index in [1.54, 1.807) is 14.0 Å². The van der Waals surface area contributed by atoms with E-state index in [1.807, 2.05) is 30.3 Å². The Kier molecular flexibility index (Phi) is 4.15. The number of hydrazine groups is 1. The number of benzene rings is 1. The largest absolute Gasteiger partial charge is 0.497 e. The zero-order valence-electron chi connectivity index (χ0n) is 13.6. The molecule has 6 heteroatoms. The first kappa shape index (κ1) is 16.3. The Labute approximate surface area is 140 Å². The molecule has 2 aliphatic rings. The lowest BCUT2D eigenvalue weighted by Crippen LogP contribution is -2.66. The minimum Gasteiger partial charge on any atom is -0.497 e. The van der Waals surface area contributed by atoms with Crippen LogP contribution in [0.15, 0.2) is 47.6 Å². The summed E-state index contributed by atoms with van der Waals surface area (Å²) in [4.78, 5) is 24.3. The van der Waals surface area contributed by atoms with Gasteiger partial charge in [-0.05, 0) is 43.5 Å². The summed E-state index contributed by atoms with van der Waals surface area (Å²) in [6, 6.07) is 7.69. The summed E-state index contributed by atoms with van der Waals surface area (Å²) in [6.07, 6.45) is 4.60. The van der Waals surface area contributed by atoms with Gasteiger partial charge in [0.15, 0.2) is 5.60 Å². The summed E-state index contributed by atoms with van der Waals surface area (Å²) in [7, 11) is 1.62. The lowest BCUT2D eigenvalue weighted by atomic mass is 9.73. The number of ether oxygens (including phenoxy) is 1. The number of amides is 2. The maximum Gasteiger partial charge on any atom is 0.275 e. The molecule has 1 saturated heterocycles. The lowest BCUT2D eigenvalue weighted by Gasteiger charge is -2.39. The second-order valence-corrected chi connectivity index (χ2v) is 6.16. The van der Waals surface area contributed by atoms with Gasteiger partial charge in [0.05, 0.1) is 7.11 Å². The number of carbonyl (C=O) groups excluding carboxylic acids is 2. The average molecular weight is 328 g/mol. The molecule has 3 rings (SSSR count). The van der Waals surface area contributed by atoms with Crippen molar-refractivity contribution in [1.29, 1.82) is 0 Å². The Morgan fingerprint density at radius 2 is 1.88 bits per heavy atom. The maximum absolute atomic E-state index is 12.2. The van der Waals surface area contributed by atoms with E-state index in [0.29, 0.717) is 12.8 Å². The van der Waals surface area contributed by atoms with Gasteiger partial charge in [-0.15, -0.1) is 0 Å². The van der Waals surface area contributed by atoms with Crippen molar-refractivity contribution < 1.29 is 19.4 Å². The second kappa shape index (κ2) is 6.13. The van der Waals surface area contributed by atoms with Crippen molar-refractivity contribution >= 4 is 11.8 Å². The molecule has 2 unspecified atom stereocenters. The lowest BCUT2D eigenvalue weighted by molar-refractivity contribution is -0.154. The Morgan fingerprint density at radius 3 is 2.54 bits per heavy atom. The Hall–Kier alpha value is -2.60. The molecule has 6 nitrogen and oxygen atoms in total. The minimum atomic E-state index is -1.82. The van der Waals surface area contributed by atoms with E-state index in [-0.39, 0.29) is 0 Å². The topological polar surface area (TPSA) is 87.7 Å². The first-order chi connectivity index (χ1) is 11.4. The fraction of sp³-hybridized carbons (Fsp3) is 0.333. The third-order valence-electron chi connectivity index (χ3n) is 4.46. The van der Waals surface area contributed by atoms with Crippen LogP contribution in [-0.2, 0) is 16.0 Å². The van der Waals surface area contributed by atoms with Crippen LogP contribution in [0.1, 0.15) is 18.9 Å². The molecule has 24 heavy (non-hydrogen) atoms. The van der Waals surface area contributed by atoms with Crippen LogP contribution in [0.25, 0.3) is 0 Å². The number of aliphatic hydroxyl groups is 1. The van der Waals surface area contributed by atoms with Crippen LogP contribution in [0.2, 0.25) is 0 Å². The molecular formula is C18H20N2O4. The third-order valence-corrected chi connectivity index (χ3v) is 4.46. The molecule has 1 aliphatic heterocycles. The van der Waals surface area contributed by atoms with Crippen LogP contribution in [0.3, 0.4) is 0 Å². The third kappa shape index (κ3) is 2.80. The van der Waals surface area contributed by atoms with Gasteiger partial charge >= 0.3 is 0 Å². The van der Waals surface area contributed by atoms with Crippen LogP contribution < -0.4 is 15.6 Å². The Bertz CT molecular complexity index is 736. The Balaban J connectivity index is 1.82. The average Bonchev–Trinajstić information content (AvgIpc) is 2.56. The highest BCUT2D eigenvalue weighted by Crippen LogP contribution is 2.37. The highest BCUT2D eigenvalue weighted by molar-refractivity contribution is 6.01. The van der Waals surface area contributed by atoms with E-state index < -0.39 is 23.3 Å². The van der Waals surface area contributed by atoms with Crippen molar-refractivity contribution in [3.05, 3.63) is 53.1 Å².